The summed E-state index contributed by atoms with van der Waals surface area (Å²) in [6, 6.07) is 17.0. The third-order valence-electron chi connectivity index (χ3n) is 6.94. The van der Waals surface area contributed by atoms with Crippen LogP contribution < -0.4 is 4.74 Å². The highest BCUT2D eigenvalue weighted by molar-refractivity contribution is 5.91. The maximum atomic E-state index is 12.3. The Kier molecular flexibility index (Phi) is 8.75. The number of hydrogen-bond donors (Lipinski definition) is 0. The smallest absolute Gasteiger partial charge is 0.343 e. The average Bonchev–Trinajstić information content (AvgIpc) is 2.85. The highest BCUT2D eigenvalue weighted by atomic mass is 16.7. The fraction of sp³-hybridized carbons (Fsp3) is 0.536. The second kappa shape index (κ2) is 12.2. The number of carbonyl (C=O) groups is 1. The van der Waals surface area contributed by atoms with Crippen molar-refractivity contribution in [2.45, 2.75) is 82.8 Å². The van der Waals surface area contributed by atoms with Crippen LogP contribution in [0.4, 0.5) is 0 Å². The van der Waals surface area contributed by atoms with Crippen LogP contribution in [0.1, 0.15) is 80.1 Å². The number of aryl methyl sites for hydroxylation is 1. The first-order valence-corrected chi connectivity index (χ1v) is 12.4. The van der Waals surface area contributed by atoms with E-state index in [9.17, 15) is 4.79 Å². The molecule has 2 saturated carbocycles. The fourth-order valence-electron chi connectivity index (χ4n) is 4.88. The van der Waals surface area contributed by atoms with Gasteiger partial charge in [-0.05, 0) is 87.1 Å². The van der Waals surface area contributed by atoms with E-state index in [4.69, 9.17) is 14.2 Å². The van der Waals surface area contributed by atoms with E-state index < -0.39 is 0 Å². The topological polar surface area (TPSA) is 44.8 Å². The molecule has 0 heterocycles. The molecule has 4 heteroatoms. The Balaban J connectivity index is 1.12. The summed E-state index contributed by atoms with van der Waals surface area (Å²) in [6.45, 7) is 0.471. The largest absolute Gasteiger partial charge is 0.423 e. The van der Waals surface area contributed by atoms with Gasteiger partial charge in [0.15, 0.2) is 0 Å². The standard InChI is InChI=1S/C28H36O4/c29-28(32-27-9-5-2-6-10-27)24-17-13-22(14-18-24)11-12-23-15-19-26(20-16-23)31-21-30-25-7-3-1-4-8-25/h2,5-6,9-10,13-14,17-18,23,25-26H,1,3-4,7-8,11-12,15-16,19-21H2. The third kappa shape index (κ3) is 7.18. The van der Waals surface area contributed by atoms with Crippen molar-refractivity contribution >= 4 is 5.97 Å². The predicted molar refractivity (Wildman–Crippen MR) is 126 cm³/mol. The molecule has 0 bridgehead atoms. The minimum atomic E-state index is -0.312. The van der Waals surface area contributed by atoms with Crippen molar-refractivity contribution in [3.63, 3.8) is 0 Å². The third-order valence-corrected chi connectivity index (χ3v) is 6.94. The van der Waals surface area contributed by atoms with Crippen molar-refractivity contribution in [3.05, 3.63) is 65.7 Å². The molecular formula is C28H36O4. The van der Waals surface area contributed by atoms with E-state index in [0.29, 0.717) is 30.3 Å². The number of rotatable bonds is 9. The molecule has 2 aromatic rings. The summed E-state index contributed by atoms with van der Waals surface area (Å²) >= 11 is 0. The Morgan fingerprint density at radius 3 is 2.09 bits per heavy atom. The van der Waals surface area contributed by atoms with Crippen LogP contribution in [0, 0.1) is 5.92 Å². The second-order valence-corrected chi connectivity index (χ2v) is 9.29. The molecule has 0 unspecified atom stereocenters. The molecule has 0 aromatic heterocycles. The van der Waals surface area contributed by atoms with Crippen molar-refractivity contribution in [3.8, 4) is 5.75 Å². The Morgan fingerprint density at radius 1 is 0.750 bits per heavy atom. The molecule has 2 aromatic carbocycles. The summed E-state index contributed by atoms with van der Waals surface area (Å²) in [4.78, 5) is 12.3. The molecule has 32 heavy (non-hydrogen) atoms. The fourth-order valence-corrected chi connectivity index (χ4v) is 4.88. The number of benzene rings is 2. The molecule has 0 atom stereocenters. The monoisotopic (exact) mass is 436 g/mol. The predicted octanol–water partition coefficient (Wildman–Crippen LogP) is 6.72. The van der Waals surface area contributed by atoms with E-state index in [0.717, 1.165) is 25.2 Å². The number of hydrogen-bond acceptors (Lipinski definition) is 4. The summed E-state index contributed by atoms with van der Waals surface area (Å²) in [5.41, 5.74) is 1.87. The Bertz CT molecular complexity index is 803. The van der Waals surface area contributed by atoms with Crippen molar-refractivity contribution in [2.75, 3.05) is 6.79 Å². The van der Waals surface area contributed by atoms with E-state index >= 15 is 0 Å². The van der Waals surface area contributed by atoms with E-state index in [1.165, 1.54) is 56.9 Å². The summed E-state index contributed by atoms with van der Waals surface area (Å²) in [5, 5.41) is 0. The zero-order valence-corrected chi connectivity index (χ0v) is 19.0. The van der Waals surface area contributed by atoms with Crippen LogP contribution in [0.15, 0.2) is 54.6 Å². The number of carbonyl (C=O) groups excluding carboxylic acids is 1. The molecule has 2 aliphatic carbocycles. The summed E-state index contributed by atoms with van der Waals surface area (Å²) < 4.78 is 17.3. The SMILES string of the molecule is O=C(Oc1ccccc1)c1ccc(CCC2CCC(OCOC3CCCCC3)CC2)cc1. The lowest BCUT2D eigenvalue weighted by Gasteiger charge is -2.29. The lowest BCUT2D eigenvalue weighted by molar-refractivity contribution is -0.133. The van der Waals surface area contributed by atoms with Gasteiger partial charge in [0.25, 0.3) is 0 Å². The first-order chi connectivity index (χ1) is 15.8. The van der Waals surface area contributed by atoms with Gasteiger partial charge < -0.3 is 14.2 Å². The quantitative estimate of drug-likeness (QED) is 0.249. The van der Waals surface area contributed by atoms with E-state index in [1.807, 2.05) is 30.3 Å². The lowest BCUT2D eigenvalue weighted by Crippen LogP contribution is -2.25. The van der Waals surface area contributed by atoms with Gasteiger partial charge in [0.05, 0.1) is 17.8 Å². The second-order valence-electron chi connectivity index (χ2n) is 9.29. The molecule has 2 fully saturated rings. The van der Waals surface area contributed by atoms with Gasteiger partial charge in [0.1, 0.15) is 12.5 Å². The Labute approximate surface area is 192 Å². The Morgan fingerprint density at radius 2 is 1.41 bits per heavy atom. The molecule has 0 spiro atoms. The average molecular weight is 437 g/mol. The van der Waals surface area contributed by atoms with Crippen molar-refractivity contribution in [1.29, 1.82) is 0 Å². The maximum absolute atomic E-state index is 12.3. The van der Waals surface area contributed by atoms with Crippen LogP contribution in [-0.2, 0) is 15.9 Å². The molecule has 2 aliphatic rings. The van der Waals surface area contributed by atoms with Gasteiger partial charge in [-0.2, -0.15) is 0 Å². The van der Waals surface area contributed by atoms with Crippen LogP contribution in [0.25, 0.3) is 0 Å². The van der Waals surface area contributed by atoms with Crippen LogP contribution in [0.2, 0.25) is 0 Å². The van der Waals surface area contributed by atoms with Crippen LogP contribution in [-0.4, -0.2) is 25.0 Å². The first kappa shape index (κ1) is 23.0. The number of ether oxygens (including phenoxy) is 3. The van der Waals surface area contributed by atoms with E-state index in [-0.39, 0.29) is 5.97 Å². The van der Waals surface area contributed by atoms with Crippen LogP contribution in [0.5, 0.6) is 5.75 Å². The first-order valence-electron chi connectivity index (χ1n) is 12.4. The van der Waals surface area contributed by atoms with Gasteiger partial charge in [-0.15, -0.1) is 0 Å². The van der Waals surface area contributed by atoms with Gasteiger partial charge in [-0.1, -0.05) is 49.6 Å². The van der Waals surface area contributed by atoms with E-state index in [1.54, 1.807) is 12.1 Å². The zero-order valence-electron chi connectivity index (χ0n) is 19.0. The zero-order chi connectivity index (χ0) is 22.0. The molecule has 172 valence electrons. The minimum absolute atomic E-state index is 0.312. The molecule has 0 radical (unpaired) electrons. The summed E-state index contributed by atoms with van der Waals surface area (Å²) in [5.74, 6) is 1.02. The Hall–Kier alpha value is -2.17. The van der Waals surface area contributed by atoms with Crippen LogP contribution >= 0.6 is 0 Å². The molecule has 4 rings (SSSR count). The van der Waals surface area contributed by atoms with Gasteiger partial charge in [0, 0.05) is 0 Å². The summed E-state index contributed by atoms with van der Waals surface area (Å²) in [7, 11) is 0. The molecule has 0 aliphatic heterocycles. The van der Waals surface area contributed by atoms with Crippen molar-refractivity contribution < 1.29 is 19.0 Å². The summed E-state index contributed by atoms with van der Waals surface area (Å²) in [6.07, 6.45) is 14.1. The van der Waals surface area contributed by atoms with Gasteiger partial charge in [-0.25, -0.2) is 4.79 Å². The lowest BCUT2D eigenvalue weighted by atomic mass is 9.84. The molecular weight excluding hydrogens is 400 g/mol. The maximum Gasteiger partial charge on any atom is 0.343 e. The normalized spacial score (nSPS) is 21.9. The number of esters is 1. The molecule has 0 saturated heterocycles. The van der Waals surface area contributed by atoms with Crippen molar-refractivity contribution in [1.82, 2.24) is 0 Å². The highest BCUT2D eigenvalue weighted by Gasteiger charge is 2.22. The molecule has 0 N–H and O–H groups in total. The van der Waals surface area contributed by atoms with Gasteiger partial charge in [0.2, 0.25) is 0 Å². The van der Waals surface area contributed by atoms with Crippen molar-refractivity contribution in [2.24, 2.45) is 5.92 Å². The molecule has 4 nitrogen and oxygen atoms in total. The number of para-hydroxylation sites is 1. The van der Waals surface area contributed by atoms with Gasteiger partial charge >= 0.3 is 5.97 Å². The molecule has 0 amide bonds. The highest BCUT2D eigenvalue weighted by Crippen LogP contribution is 2.30. The van der Waals surface area contributed by atoms with E-state index in [2.05, 4.69) is 12.1 Å². The van der Waals surface area contributed by atoms with Gasteiger partial charge in [-0.3, -0.25) is 0 Å². The van der Waals surface area contributed by atoms with Crippen LogP contribution in [0.3, 0.4) is 0 Å². The minimum Gasteiger partial charge on any atom is -0.423 e.